The number of carbonyl (C=O) groups is 2. The topological polar surface area (TPSA) is 68.3 Å². The zero-order valence-electron chi connectivity index (χ0n) is 14.8. The summed E-state index contributed by atoms with van der Waals surface area (Å²) in [5, 5.41) is 4.27. The first-order valence-electron chi connectivity index (χ1n) is 8.56. The fourth-order valence-corrected chi connectivity index (χ4v) is 3.76. The zero-order valence-corrected chi connectivity index (χ0v) is 16.3. The number of aryl methyl sites for hydroxylation is 1. The Morgan fingerprint density at radius 3 is 2.81 bits per heavy atom. The van der Waals surface area contributed by atoms with Gasteiger partial charge in [-0.15, -0.1) is 11.3 Å². The molecule has 0 aliphatic heterocycles. The van der Waals surface area contributed by atoms with Gasteiger partial charge in [-0.1, -0.05) is 35.9 Å². The fourth-order valence-electron chi connectivity index (χ4n) is 2.60. The summed E-state index contributed by atoms with van der Waals surface area (Å²) >= 11 is 7.51. The van der Waals surface area contributed by atoms with Crippen molar-refractivity contribution in [1.29, 1.82) is 0 Å². The molecule has 140 valence electrons. The maximum atomic E-state index is 12.0. The van der Waals surface area contributed by atoms with Crippen molar-refractivity contribution < 1.29 is 14.3 Å². The summed E-state index contributed by atoms with van der Waals surface area (Å²) in [5.41, 5.74) is 1.82. The molecule has 0 aliphatic carbocycles. The van der Waals surface area contributed by atoms with Crippen LogP contribution in [-0.2, 0) is 20.7 Å². The molecule has 3 rings (SSSR count). The van der Waals surface area contributed by atoms with Gasteiger partial charge in [0.1, 0.15) is 0 Å². The second-order valence-corrected chi connectivity index (χ2v) is 7.63. The second kappa shape index (κ2) is 8.97. The number of nitrogens with zero attached hydrogens (tertiary/aromatic N) is 1. The number of amides is 1. The van der Waals surface area contributed by atoms with Gasteiger partial charge in [0.25, 0.3) is 5.91 Å². The average Bonchev–Trinajstić information content (AvgIpc) is 3.07. The first kappa shape index (κ1) is 19.3. The highest BCUT2D eigenvalue weighted by atomic mass is 35.5. The van der Waals surface area contributed by atoms with Gasteiger partial charge in [-0.25, -0.2) is 4.98 Å². The van der Waals surface area contributed by atoms with Crippen molar-refractivity contribution in [2.24, 2.45) is 0 Å². The predicted molar refractivity (Wildman–Crippen MR) is 107 cm³/mol. The minimum atomic E-state index is -0.417. The van der Waals surface area contributed by atoms with Crippen LogP contribution in [0.4, 0.5) is 0 Å². The Kier molecular flexibility index (Phi) is 6.42. The molecule has 0 radical (unpaired) electrons. The normalized spacial score (nSPS) is 11.9. The van der Waals surface area contributed by atoms with Gasteiger partial charge in [0.05, 0.1) is 27.7 Å². The summed E-state index contributed by atoms with van der Waals surface area (Å²) in [6, 6.07) is 14.9. The van der Waals surface area contributed by atoms with Gasteiger partial charge in [-0.3, -0.25) is 9.59 Å². The molecule has 7 heteroatoms. The molecule has 3 aromatic rings. The highest BCUT2D eigenvalue weighted by molar-refractivity contribution is 7.18. The predicted octanol–water partition coefficient (Wildman–Crippen LogP) is 4.30. The lowest BCUT2D eigenvalue weighted by Crippen LogP contribution is -2.31. The van der Waals surface area contributed by atoms with Crippen LogP contribution in [0.1, 0.15) is 30.0 Å². The summed E-state index contributed by atoms with van der Waals surface area (Å²) in [6.45, 7) is 1.54. The van der Waals surface area contributed by atoms with Crippen LogP contribution >= 0.6 is 22.9 Å². The molecule has 0 unspecified atom stereocenters. The van der Waals surface area contributed by atoms with Crippen LogP contribution in [0, 0.1) is 0 Å². The maximum absolute atomic E-state index is 12.0. The van der Waals surface area contributed by atoms with Crippen LogP contribution < -0.4 is 5.32 Å². The molecular weight excluding hydrogens is 384 g/mol. The molecule has 1 atom stereocenters. The molecule has 27 heavy (non-hydrogen) atoms. The number of hydrogen-bond donors (Lipinski definition) is 1. The number of rotatable bonds is 7. The Morgan fingerprint density at radius 2 is 2.04 bits per heavy atom. The van der Waals surface area contributed by atoms with E-state index in [0.29, 0.717) is 11.4 Å². The quantitative estimate of drug-likeness (QED) is 0.598. The number of nitrogens with one attached hydrogen (secondary N) is 1. The number of halogens is 1. The Bertz CT molecular complexity index is 924. The van der Waals surface area contributed by atoms with E-state index in [-0.39, 0.29) is 25.0 Å². The van der Waals surface area contributed by atoms with E-state index in [4.69, 9.17) is 16.3 Å². The van der Waals surface area contributed by atoms with Gasteiger partial charge in [-0.2, -0.15) is 0 Å². The monoisotopic (exact) mass is 402 g/mol. The van der Waals surface area contributed by atoms with Crippen molar-refractivity contribution >= 4 is 45.0 Å². The number of carbonyl (C=O) groups excluding carboxylic acids is 2. The van der Waals surface area contributed by atoms with Gasteiger partial charge >= 0.3 is 5.97 Å². The summed E-state index contributed by atoms with van der Waals surface area (Å²) in [6.07, 6.45) is 0.690. The van der Waals surface area contributed by atoms with Crippen LogP contribution in [-0.4, -0.2) is 23.5 Å². The first-order chi connectivity index (χ1) is 13.0. The van der Waals surface area contributed by atoms with Crippen molar-refractivity contribution in [3.63, 3.8) is 0 Å². The van der Waals surface area contributed by atoms with E-state index in [0.717, 1.165) is 20.8 Å². The number of thiazole rings is 1. The number of para-hydroxylation sites is 1. The molecule has 0 fully saturated rings. The molecule has 2 aromatic carbocycles. The fraction of sp³-hybridized carbons (Fsp3) is 0.250. The van der Waals surface area contributed by atoms with E-state index >= 15 is 0 Å². The SMILES string of the molecule is C[C@@H](NC(=O)COC(=O)CCc1nc2ccccc2s1)c1cccc(Cl)c1. The van der Waals surface area contributed by atoms with E-state index in [1.54, 1.807) is 23.5 Å². The summed E-state index contributed by atoms with van der Waals surface area (Å²) in [4.78, 5) is 28.4. The van der Waals surface area contributed by atoms with Crippen LogP contribution in [0.2, 0.25) is 5.02 Å². The molecule has 5 nitrogen and oxygen atoms in total. The minimum Gasteiger partial charge on any atom is -0.456 e. The summed E-state index contributed by atoms with van der Waals surface area (Å²) in [5.74, 6) is -0.768. The third kappa shape index (κ3) is 5.52. The third-order valence-corrected chi connectivity index (χ3v) is 5.30. The van der Waals surface area contributed by atoms with Crippen molar-refractivity contribution in [2.45, 2.75) is 25.8 Å². The van der Waals surface area contributed by atoms with Gasteiger partial charge in [0.2, 0.25) is 0 Å². The van der Waals surface area contributed by atoms with E-state index in [9.17, 15) is 9.59 Å². The number of fused-ring (bicyclic) bond motifs is 1. The molecule has 0 saturated carbocycles. The lowest BCUT2D eigenvalue weighted by atomic mass is 10.1. The van der Waals surface area contributed by atoms with E-state index in [1.165, 1.54) is 0 Å². The summed E-state index contributed by atoms with van der Waals surface area (Å²) < 4.78 is 6.15. The summed E-state index contributed by atoms with van der Waals surface area (Å²) in [7, 11) is 0. The smallest absolute Gasteiger partial charge is 0.306 e. The maximum Gasteiger partial charge on any atom is 0.306 e. The first-order valence-corrected chi connectivity index (χ1v) is 9.75. The van der Waals surface area contributed by atoms with E-state index in [2.05, 4.69) is 10.3 Å². The third-order valence-electron chi connectivity index (χ3n) is 3.97. The Labute approximate surface area is 166 Å². The van der Waals surface area contributed by atoms with Gasteiger partial charge in [0, 0.05) is 11.4 Å². The van der Waals surface area contributed by atoms with Gasteiger partial charge in [-0.05, 0) is 36.8 Å². The molecule has 1 amide bonds. The lowest BCUT2D eigenvalue weighted by molar-refractivity contribution is -0.148. The molecule has 1 aromatic heterocycles. The zero-order chi connectivity index (χ0) is 19.2. The molecule has 0 bridgehead atoms. The largest absolute Gasteiger partial charge is 0.456 e. The standard InChI is InChI=1S/C20H19ClN2O3S/c1-13(14-5-4-6-15(21)11-14)22-18(24)12-26-20(25)10-9-19-23-16-7-2-3-8-17(16)27-19/h2-8,11,13H,9-10,12H2,1H3,(H,22,24)/t13-/m1/s1. The average molecular weight is 403 g/mol. The number of aromatic nitrogens is 1. The second-order valence-electron chi connectivity index (χ2n) is 6.08. The lowest BCUT2D eigenvalue weighted by Gasteiger charge is -2.14. The van der Waals surface area contributed by atoms with Crippen LogP contribution in [0.15, 0.2) is 48.5 Å². The number of benzene rings is 2. The Hall–Kier alpha value is -2.44. The molecule has 1 heterocycles. The molecule has 0 saturated heterocycles. The molecule has 0 aliphatic rings. The number of esters is 1. The van der Waals surface area contributed by atoms with Gasteiger partial charge in [0.15, 0.2) is 6.61 Å². The highest BCUT2D eigenvalue weighted by Gasteiger charge is 2.13. The molecular formula is C20H19ClN2O3S. The number of ether oxygens (including phenoxy) is 1. The van der Waals surface area contributed by atoms with Crippen molar-refractivity contribution in [3.05, 3.63) is 64.1 Å². The molecule has 1 N–H and O–H groups in total. The van der Waals surface area contributed by atoms with Crippen LogP contribution in [0.5, 0.6) is 0 Å². The van der Waals surface area contributed by atoms with Crippen LogP contribution in [0.3, 0.4) is 0 Å². The molecule has 0 spiro atoms. The van der Waals surface area contributed by atoms with E-state index in [1.807, 2.05) is 43.3 Å². The number of hydrogen-bond acceptors (Lipinski definition) is 5. The van der Waals surface area contributed by atoms with Crippen LogP contribution in [0.25, 0.3) is 10.2 Å². The van der Waals surface area contributed by atoms with Gasteiger partial charge < -0.3 is 10.1 Å². The van der Waals surface area contributed by atoms with Crippen molar-refractivity contribution in [2.75, 3.05) is 6.61 Å². The van der Waals surface area contributed by atoms with Crippen molar-refractivity contribution in [1.82, 2.24) is 10.3 Å². The Morgan fingerprint density at radius 1 is 1.22 bits per heavy atom. The minimum absolute atomic E-state index is 0.191. The van der Waals surface area contributed by atoms with E-state index < -0.39 is 5.97 Å². The van der Waals surface area contributed by atoms with Crippen molar-refractivity contribution in [3.8, 4) is 0 Å². The highest BCUT2D eigenvalue weighted by Crippen LogP contribution is 2.22. The Balaban J connectivity index is 1.42.